The van der Waals surface area contributed by atoms with Gasteiger partial charge in [-0.1, -0.05) is 35.1 Å². The Bertz CT molecular complexity index is 800. The Hall–Kier alpha value is -1.22. The summed E-state index contributed by atoms with van der Waals surface area (Å²) in [4.78, 5) is 0. The maximum absolute atomic E-state index is 11.5. The van der Waals surface area contributed by atoms with Crippen molar-refractivity contribution in [2.45, 2.75) is 19.3 Å². The second-order valence-electron chi connectivity index (χ2n) is 6.29. The van der Waals surface area contributed by atoms with Crippen LogP contribution in [0.25, 0.3) is 0 Å². The molecule has 0 atom stereocenters. The molecule has 2 aromatic rings. The highest BCUT2D eigenvalue weighted by Crippen LogP contribution is 2.23. The number of rotatable bonds is 6. The Labute approximate surface area is 157 Å². The molecule has 0 unspecified atom stereocenters. The summed E-state index contributed by atoms with van der Waals surface area (Å²) in [5.41, 5.74) is 1.15. The number of sulfonamides is 1. The van der Waals surface area contributed by atoms with Gasteiger partial charge in [0.15, 0.2) is 0 Å². The molecule has 1 fully saturated rings. The number of halogens is 1. The lowest BCUT2D eigenvalue weighted by atomic mass is 9.98. The first kappa shape index (κ1) is 18.6. The monoisotopic (exact) mass is 400 g/mol. The minimum Gasteiger partial charge on any atom is -0.360 e. The van der Waals surface area contributed by atoms with Crippen molar-refractivity contribution in [2.75, 3.05) is 31.2 Å². The molecule has 1 N–H and O–H groups in total. The van der Waals surface area contributed by atoms with Crippen molar-refractivity contribution >= 4 is 38.1 Å². The number of aromatic nitrogens is 2. The molecule has 0 radical (unpaired) electrons. The lowest BCUT2D eigenvalue weighted by Gasteiger charge is -2.30. The average Bonchev–Trinajstić information content (AvgIpc) is 3.02. The Morgan fingerprint density at radius 1 is 1.24 bits per heavy atom. The maximum atomic E-state index is 11.5. The summed E-state index contributed by atoms with van der Waals surface area (Å²) in [5, 5.41) is 14.3. The molecule has 25 heavy (non-hydrogen) atoms. The Balaban J connectivity index is 1.47. The molecule has 6 nitrogen and oxygen atoms in total. The SMILES string of the molecule is CS(=O)(=O)N1CCC(CNc2nnc(Cc3ccc(Cl)cc3)s2)CC1. The van der Waals surface area contributed by atoms with E-state index in [1.807, 2.05) is 24.3 Å². The first-order valence-electron chi connectivity index (χ1n) is 8.16. The second kappa shape index (κ2) is 7.99. The van der Waals surface area contributed by atoms with E-state index in [0.717, 1.165) is 46.5 Å². The minimum atomic E-state index is -3.06. The van der Waals surface area contributed by atoms with Crippen LogP contribution < -0.4 is 5.32 Å². The van der Waals surface area contributed by atoms with E-state index in [4.69, 9.17) is 11.6 Å². The lowest BCUT2D eigenvalue weighted by Crippen LogP contribution is -2.39. The van der Waals surface area contributed by atoms with E-state index in [2.05, 4.69) is 15.5 Å². The quantitative estimate of drug-likeness (QED) is 0.806. The van der Waals surface area contributed by atoms with Crippen LogP contribution in [-0.2, 0) is 16.4 Å². The molecular formula is C16H21ClN4O2S2. The molecule has 3 rings (SSSR count). The Kier molecular flexibility index (Phi) is 5.93. The van der Waals surface area contributed by atoms with Gasteiger partial charge in [0.1, 0.15) is 5.01 Å². The molecule has 0 saturated carbocycles. The number of hydrogen-bond acceptors (Lipinski definition) is 6. The van der Waals surface area contributed by atoms with Gasteiger partial charge in [0, 0.05) is 31.1 Å². The highest BCUT2D eigenvalue weighted by atomic mass is 35.5. The van der Waals surface area contributed by atoms with Crippen LogP contribution in [0.1, 0.15) is 23.4 Å². The fourth-order valence-corrected chi connectivity index (χ4v) is 4.63. The van der Waals surface area contributed by atoms with Gasteiger partial charge in [0.2, 0.25) is 15.2 Å². The van der Waals surface area contributed by atoms with Crippen LogP contribution in [0.15, 0.2) is 24.3 Å². The number of nitrogens with zero attached hydrogens (tertiary/aromatic N) is 3. The van der Waals surface area contributed by atoms with Crippen LogP contribution in [0.3, 0.4) is 0 Å². The third-order valence-electron chi connectivity index (χ3n) is 4.32. The molecule has 0 bridgehead atoms. The Morgan fingerprint density at radius 2 is 1.92 bits per heavy atom. The third kappa shape index (κ3) is 5.37. The predicted molar refractivity (Wildman–Crippen MR) is 102 cm³/mol. The van der Waals surface area contributed by atoms with Gasteiger partial charge in [-0.05, 0) is 36.5 Å². The van der Waals surface area contributed by atoms with Crippen LogP contribution in [-0.4, -0.2) is 48.8 Å². The van der Waals surface area contributed by atoms with Crippen LogP contribution >= 0.6 is 22.9 Å². The maximum Gasteiger partial charge on any atom is 0.211 e. The van der Waals surface area contributed by atoms with Gasteiger partial charge in [-0.3, -0.25) is 0 Å². The van der Waals surface area contributed by atoms with Crippen LogP contribution in [0, 0.1) is 5.92 Å². The molecule has 1 aliphatic rings. The van der Waals surface area contributed by atoms with Crippen molar-refractivity contribution < 1.29 is 8.42 Å². The summed E-state index contributed by atoms with van der Waals surface area (Å²) < 4.78 is 24.6. The first-order valence-corrected chi connectivity index (χ1v) is 11.2. The van der Waals surface area contributed by atoms with E-state index in [0.29, 0.717) is 19.0 Å². The third-order valence-corrected chi connectivity index (χ3v) is 6.76. The molecule has 1 aromatic carbocycles. The minimum absolute atomic E-state index is 0.460. The van der Waals surface area contributed by atoms with Gasteiger partial charge in [0.25, 0.3) is 0 Å². The second-order valence-corrected chi connectivity index (χ2v) is 9.77. The number of anilines is 1. The molecule has 136 valence electrons. The number of benzene rings is 1. The van der Waals surface area contributed by atoms with E-state index in [1.165, 1.54) is 6.26 Å². The summed E-state index contributed by atoms with van der Waals surface area (Å²) >= 11 is 7.45. The van der Waals surface area contributed by atoms with Gasteiger partial charge in [-0.25, -0.2) is 12.7 Å². The van der Waals surface area contributed by atoms with Crippen molar-refractivity contribution in [3.05, 3.63) is 39.9 Å². The van der Waals surface area contributed by atoms with Gasteiger partial charge in [0.05, 0.1) is 6.26 Å². The summed E-state index contributed by atoms with van der Waals surface area (Å²) in [7, 11) is -3.06. The van der Waals surface area contributed by atoms with E-state index < -0.39 is 10.0 Å². The molecule has 9 heteroatoms. The van der Waals surface area contributed by atoms with E-state index in [9.17, 15) is 8.42 Å². The summed E-state index contributed by atoms with van der Waals surface area (Å²) in [6.45, 7) is 2.00. The van der Waals surface area contributed by atoms with Gasteiger partial charge in [-0.2, -0.15) is 0 Å². The molecule has 0 aliphatic carbocycles. The summed E-state index contributed by atoms with van der Waals surface area (Å²) in [6.07, 6.45) is 3.76. The summed E-state index contributed by atoms with van der Waals surface area (Å²) in [5.74, 6) is 0.460. The van der Waals surface area contributed by atoms with Crippen molar-refractivity contribution in [1.29, 1.82) is 0 Å². The molecule has 1 aromatic heterocycles. The highest BCUT2D eigenvalue weighted by molar-refractivity contribution is 7.88. The molecule has 1 saturated heterocycles. The van der Waals surface area contributed by atoms with Crippen molar-refractivity contribution in [2.24, 2.45) is 5.92 Å². The van der Waals surface area contributed by atoms with Gasteiger partial charge >= 0.3 is 0 Å². The van der Waals surface area contributed by atoms with E-state index in [-0.39, 0.29) is 0 Å². The Morgan fingerprint density at radius 3 is 2.56 bits per heavy atom. The zero-order valence-electron chi connectivity index (χ0n) is 14.0. The van der Waals surface area contributed by atoms with Crippen LogP contribution in [0.5, 0.6) is 0 Å². The normalized spacial score (nSPS) is 16.9. The smallest absolute Gasteiger partial charge is 0.211 e. The number of piperidine rings is 1. The van der Waals surface area contributed by atoms with Crippen molar-refractivity contribution in [3.63, 3.8) is 0 Å². The topological polar surface area (TPSA) is 75.2 Å². The molecule has 1 aliphatic heterocycles. The fraction of sp³-hybridized carbons (Fsp3) is 0.500. The zero-order chi connectivity index (χ0) is 17.9. The van der Waals surface area contributed by atoms with E-state index >= 15 is 0 Å². The van der Waals surface area contributed by atoms with Crippen molar-refractivity contribution in [3.8, 4) is 0 Å². The number of nitrogens with one attached hydrogen (secondary N) is 1. The number of hydrogen-bond donors (Lipinski definition) is 1. The molecular weight excluding hydrogens is 380 g/mol. The molecule has 0 spiro atoms. The van der Waals surface area contributed by atoms with Gasteiger partial charge < -0.3 is 5.32 Å². The molecule has 2 heterocycles. The lowest BCUT2D eigenvalue weighted by molar-refractivity contribution is 0.283. The highest BCUT2D eigenvalue weighted by Gasteiger charge is 2.24. The van der Waals surface area contributed by atoms with Gasteiger partial charge in [-0.15, -0.1) is 10.2 Å². The predicted octanol–water partition coefficient (Wildman–Crippen LogP) is 2.87. The zero-order valence-corrected chi connectivity index (χ0v) is 16.4. The van der Waals surface area contributed by atoms with Crippen molar-refractivity contribution in [1.82, 2.24) is 14.5 Å². The summed E-state index contributed by atoms with van der Waals surface area (Å²) in [6, 6.07) is 7.73. The largest absolute Gasteiger partial charge is 0.360 e. The molecule has 0 amide bonds. The average molecular weight is 401 g/mol. The standard InChI is InChI=1S/C16H21ClN4O2S2/c1-25(22,23)21-8-6-13(7-9-21)11-18-16-20-19-15(24-16)10-12-2-4-14(17)5-3-12/h2-5,13H,6-11H2,1H3,(H,18,20). The fourth-order valence-electron chi connectivity index (χ4n) is 2.85. The van der Waals surface area contributed by atoms with E-state index in [1.54, 1.807) is 15.6 Å². The first-order chi connectivity index (χ1) is 11.9. The van der Waals surface area contributed by atoms with Crippen LogP contribution in [0.4, 0.5) is 5.13 Å². The van der Waals surface area contributed by atoms with Crippen LogP contribution in [0.2, 0.25) is 5.02 Å².